The third-order valence-electron chi connectivity index (χ3n) is 6.74. The number of hydrogen-bond acceptors (Lipinski definition) is 2. The molecule has 5 rings (SSSR count). The Labute approximate surface area is 285 Å². The largest absolute Gasteiger partial charge is 1.00 e. The van der Waals surface area contributed by atoms with Crippen molar-refractivity contribution in [2.45, 2.75) is 11.1 Å². The Balaban J connectivity index is 0.00000461. The first-order valence-corrected chi connectivity index (χ1v) is 16.9. The van der Waals surface area contributed by atoms with Gasteiger partial charge in [0.15, 0.2) is 7.26 Å². The molecule has 0 atom stereocenters. The zero-order valence-corrected chi connectivity index (χ0v) is 27.8. The zero-order chi connectivity index (χ0) is 31.3. The van der Waals surface area contributed by atoms with E-state index in [-0.39, 0.29) is 27.4 Å². The van der Waals surface area contributed by atoms with Crippen molar-refractivity contribution >= 4 is 75.6 Å². The van der Waals surface area contributed by atoms with Gasteiger partial charge in [0.2, 0.25) is 5.44 Å². The van der Waals surface area contributed by atoms with Gasteiger partial charge in [-0.05, 0) is 78.9 Å². The number of nitrogens with one attached hydrogen (secondary N) is 1. The summed E-state index contributed by atoms with van der Waals surface area (Å²) in [4.78, 5) is 14.8. The molecule has 0 heterocycles. The molecule has 0 unspecified atom stereocenters. The standard InChI is InChI=1S/C34H22Cl3F3NOPS.ClH/c35-24-17-19-28(20-18-24)44-31(37)33(41-32(42)29-22-23(34(38,39)40)16-21-30(29)36)43(25-10-4-1-5-11-25,26-12-6-2-7-13-26)27-14-8-3-9-15-27;/h1-22H;1H/b33-31+;. The van der Waals surface area contributed by atoms with Gasteiger partial charge in [-0.15, -0.1) is 0 Å². The summed E-state index contributed by atoms with van der Waals surface area (Å²) in [7, 11) is -3.00. The number of hydrogen-bond donors (Lipinski definition) is 1. The number of rotatable bonds is 8. The lowest BCUT2D eigenvalue weighted by Gasteiger charge is -2.30. The number of amides is 1. The molecule has 230 valence electrons. The molecule has 0 radical (unpaired) electrons. The molecule has 0 fully saturated rings. The fourth-order valence-electron chi connectivity index (χ4n) is 4.76. The van der Waals surface area contributed by atoms with Crippen molar-refractivity contribution in [1.82, 2.24) is 5.32 Å². The van der Waals surface area contributed by atoms with E-state index in [0.29, 0.717) is 10.5 Å². The van der Waals surface area contributed by atoms with Crippen LogP contribution in [0.3, 0.4) is 0 Å². The molecule has 0 aliphatic rings. The highest BCUT2D eigenvalue weighted by atomic mass is 35.5. The first-order valence-electron chi connectivity index (χ1n) is 13.2. The average molecular weight is 723 g/mol. The predicted octanol–water partition coefficient (Wildman–Crippen LogP) is 6.90. The van der Waals surface area contributed by atoms with E-state index in [1.165, 1.54) is 11.8 Å². The number of carbonyl (C=O) groups excluding carboxylic acids is 1. The summed E-state index contributed by atoms with van der Waals surface area (Å²) in [5.41, 5.74) is -0.970. The molecule has 0 aromatic heterocycles. The molecular weight excluding hydrogens is 700 g/mol. The van der Waals surface area contributed by atoms with E-state index < -0.39 is 24.9 Å². The minimum atomic E-state index is -4.67. The Morgan fingerprint density at radius 1 is 0.689 bits per heavy atom. The van der Waals surface area contributed by atoms with Crippen molar-refractivity contribution in [3.63, 3.8) is 0 Å². The Morgan fingerprint density at radius 2 is 1.16 bits per heavy atom. The highest BCUT2D eigenvalue weighted by Gasteiger charge is 2.52. The maximum absolute atomic E-state index is 14.0. The zero-order valence-electron chi connectivity index (χ0n) is 23.1. The highest BCUT2D eigenvalue weighted by Crippen LogP contribution is 2.64. The van der Waals surface area contributed by atoms with Crippen molar-refractivity contribution in [1.29, 1.82) is 0 Å². The summed E-state index contributed by atoms with van der Waals surface area (Å²) in [5, 5.41) is 6.02. The lowest BCUT2D eigenvalue weighted by molar-refractivity contribution is -0.137. The van der Waals surface area contributed by atoms with Gasteiger partial charge >= 0.3 is 6.18 Å². The maximum atomic E-state index is 14.0. The molecule has 1 amide bonds. The smallest absolute Gasteiger partial charge is 0.416 e. The van der Waals surface area contributed by atoms with Crippen LogP contribution in [0.25, 0.3) is 0 Å². The van der Waals surface area contributed by atoms with Crippen LogP contribution < -0.4 is 33.6 Å². The van der Waals surface area contributed by atoms with Gasteiger partial charge in [-0.25, -0.2) is 0 Å². The van der Waals surface area contributed by atoms with Crippen molar-refractivity contribution in [3.8, 4) is 0 Å². The van der Waals surface area contributed by atoms with E-state index in [4.69, 9.17) is 34.8 Å². The van der Waals surface area contributed by atoms with Crippen molar-refractivity contribution in [3.05, 3.63) is 164 Å². The molecule has 11 heteroatoms. The van der Waals surface area contributed by atoms with E-state index in [1.807, 2.05) is 91.0 Å². The Hall–Kier alpha value is -2.96. The summed E-state index contributed by atoms with van der Waals surface area (Å²) in [6.07, 6.45) is -4.67. The van der Waals surface area contributed by atoms with E-state index >= 15 is 0 Å². The average Bonchev–Trinajstić information content (AvgIpc) is 3.03. The number of benzene rings is 5. The van der Waals surface area contributed by atoms with Crippen LogP contribution in [-0.4, -0.2) is 5.91 Å². The minimum Gasteiger partial charge on any atom is -1.00 e. The quantitative estimate of drug-likeness (QED) is 0.140. The Bertz CT molecular complexity index is 1690. The molecular formula is C34H23Cl4F3NOPS. The van der Waals surface area contributed by atoms with Crippen LogP contribution in [0.5, 0.6) is 0 Å². The topological polar surface area (TPSA) is 29.1 Å². The molecule has 0 spiro atoms. The van der Waals surface area contributed by atoms with Gasteiger partial charge in [0.05, 0.1) is 16.1 Å². The molecule has 0 saturated carbocycles. The second-order valence-corrected chi connectivity index (χ2v) is 15.4. The predicted molar refractivity (Wildman–Crippen MR) is 179 cm³/mol. The molecule has 0 aliphatic carbocycles. The van der Waals surface area contributed by atoms with Crippen LogP contribution in [0.1, 0.15) is 15.9 Å². The summed E-state index contributed by atoms with van der Waals surface area (Å²) in [6.45, 7) is 0. The summed E-state index contributed by atoms with van der Waals surface area (Å²) in [6, 6.07) is 38.6. The van der Waals surface area contributed by atoms with Gasteiger partial charge in [0.1, 0.15) is 20.3 Å². The lowest BCUT2D eigenvalue weighted by Crippen LogP contribution is -3.00. The SMILES string of the molecule is O=C(N/C(=C(/Cl)Sc1ccc(Cl)cc1)[P+](c1ccccc1)(c1ccccc1)c1ccccc1)c1cc(C(F)(F)F)ccc1Cl.[Cl-]. The number of carbonyl (C=O) groups is 1. The normalized spacial score (nSPS) is 12.1. The number of thioether (sulfide) groups is 1. The Morgan fingerprint density at radius 3 is 1.60 bits per heavy atom. The van der Waals surface area contributed by atoms with Crippen LogP contribution in [0.4, 0.5) is 13.2 Å². The van der Waals surface area contributed by atoms with Gasteiger partial charge in [0, 0.05) is 9.92 Å². The second-order valence-electron chi connectivity index (χ2n) is 9.50. The molecule has 0 saturated heterocycles. The first-order chi connectivity index (χ1) is 21.1. The maximum Gasteiger partial charge on any atom is 0.416 e. The molecule has 2 nitrogen and oxygen atoms in total. The molecule has 0 aliphatic heterocycles. The van der Waals surface area contributed by atoms with Crippen LogP contribution in [0.15, 0.2) is 148 Å². The summed E-state index contributed by atoms with van der Waals surface area (Å²) >= 11 is 20.9. The van der Waals surface area contributed by atoms with E-state index in [2.05, 4.69) is 5.32 Å². The van der Waals surface area contributed by atoms with Crippen LogP contribution in [0, 0.1) is 0 Å². The van der Waals surface area contributed by atoms with Crippen LogP contribution in [-0.2, 0) is 6.18 Å². The fraction of sp³-hybridized carbons (Fsp3) is 0.0294. The number of alkyl halides is 3. The first kappa shape index (κ1) is 34.9. The number of halogens is 7. The molecule has 5 aromatic carbocycles. The third kappa shape index (κ3) is 7.72. The van der Waals surface area contributed by atoms with Gasteiger partial charge in [-0.1, -0.05) is 101 Å². The summed E-state index contributed by atoms with van der Waals surface area (Å²) < 4.78 is 41.2. The molecule has 0 bridgehead atoms. The van der Waals surface area contributed by atoms with Gasteiger partial charge in [-0.2, -0.15) is 13.2 Å². The minimum absolute atomic E-state index is 0. The third-order valence-corrected chi connectivity index (χ3v) is 13.1. The van der Waals surface area contributed by atoms with Gasteiger partial charge < -0.3 is 12.4 Å². The van der Waals surface area contributed by atoms with Crippen LogP contribution >= 0.6 is 53.8 Å². The van der Waals surface area contributed by atoms with Gasteiger partial charge in [0.25, 0.3) is 5.91 Å². The monoisotopic (exact) mass is 721 g/mol. The second kappa shape index (κ2) is 15.1. The Kier molecular flexibility index (Phi) is 11.7. The summed E-state index contributed by atoms with van der Waals surface area (Å²) in [5.74, 6) is -0.821. The van der Waals surface area contributed by atoms with E-state index in [9.17, 15) is 18.0 Å². The van der Waals surface area contributed by atoms with E-state index in [0.717, 1.165) is 39.0 Å². The highest BCUT2D eigenvalue weighted by molar-refractivity contribution is 8.06. The van der Waals surface area contributed by atoms with E-state index in [1.54, 1.807) is 24.3 Å². The van der Waals surface area contributed by atoms with Gasteiger partial charge in [-0.3, -0.25) is 10.1 Å². The fourth-order valence-corrected chi connectivity index (χ4v) is 11.0. The molecule has 1 N–H and O–H groups in total. The van der Waals surface area contributed by atoms with Crippen LogP contribution in [0.2, 0.25) is 10.0 Å². The van der Waals surface area contributed by atoms with Crippen molar-refractivity contribution < 1.29 is 30.4 Å². The van der Waals surface area contributed by atoms with Crippen molar-refractivity contribution in [2.75, 3.05) is 0 Å². The van der Waals surface area contributed by atoms with Crippen molar-refractivity contribution in [2.24, 2.45) is 0 Å². The lowest BCUT2D eigenvalue weighted by atomic mass is 10.1. The molecule has 5 aromatic rings. The molecule has 45 heavy (non-hydrogen) atoms.